The van der Waals surface area contributed by atoms with Gasteiger partial charge in [0.15, 0.2) is 0 Å². The van der Waals surface area contributed by atoms with E-state index in [9.17, 15) is 19.8 Å². The molecule has 2 unspecified atom stereocenters. The number of ether oxygens (including phenoxy) is 1. The summed E-state index contributed by atoms with van der Waals surface area (Å²) in [5.41, 5.74) is 0. The molecule has 0 radical (unpaired) electrons. The molecule has 0 bridgehead atoms. The first kappa shape index (κ1) is 72.6. The van der Waals surface area contributed by atoms with E-state index >= 15 is 0 Å². The Morgan fingerprint density at radius 1 is 0.365 bits per heavy atom. The topological polar surface area (TPSA) is 95.9 Å². The summed E-state index contributed by atoms with van der Waals surface area (Å²) in [6.45, 7) is 4.99. The van der Waals surface area contributed by atoms with Gasteiger partial charge in [0.05, 0.1) is 25.4 Å². The van der Waals surface area contributed by atoms with Gasteiger partial charge in [0.25, 0.3) is 0 Å². The van der Waals surface area contributed by atoms with Crippen LogP contribution < -0.4 is 5.32 Å². The molecule has 6 heteroatoms. The lowest BCUT2D eigenvalue weighted by molar-refractivity contribution is -0.143. The molecule has 3 N–H and O–H groups in total. The lowest BCUT2D eigenvalue weighted by Gasteiger charge is -2.22. The molecule has 1 amide bonds. The maximum atomic E-state index is 12.5. The van der Waals surface area contributed by atoms with Gasteiger partial charge in [-0.3, -0.25) is 9.59 Å². The first-order chi connectivity index (χ1) is 36.5. The van der Waals surface area contributed by atoms with E-state index in [-0.39, 0.29) is 18.5 Å². The monoisotopic (exact) mass is 1040 g/mol. The molecular weight excluding hydrogens is 911 g/mol. The van der Waals surface area contributed by atoms with Crippen molar-refractivity contribution in [1.29, 1.82) is 0 Å². The van der Waals surface area contributed by atoms with Crippen molar-refractivity contribution >= 4 is 11.9 Å². The van der Waals surface area contributed by atoms with Gasteiger partial charge in [-0.1, -0.05) is 334 Å². The normalized spacial score (nSPS) is 12.5. The van der Waals surface area contributed by atoms with Crippen LogP contribution >= 0.6 is 0 Å². The van der Waals surface area contributed by atoms with Crippen LogP contribution in [0.5, 0.6) is 0 Å². The fourth-order valence-electron chi connectivity index (χ4n) is 10.9. The summed E-state index contributed by atoms with van der Waals surface area (Å²) in [5.74, 6) is -0.0133. The Labute approximate surface area is 463 Å². The Balaban J connectivity index is 3.36. The fourth-order valence-corrected chi connectivity index (χ4v) is 10.9. The minimum Gasteiger partial charge on any atom is -0.466 e. The Hall–Kier alpha value is -1.40. The second-order valence-corrected chi connectivity index (χ2v) is 23.5. The first-order valence-electron chi connectivity index (χ1n) is 33.9. The summed E-state index contributed by atoms with van der Waals surface area (Å²) in [6, 6.07) is -0.541. The quantitative estimate of drug-likeness (QED) is 0.0320. The van der Waals surface area contributed by atoms with Gasteiger partial charge >= 0.3 is 5.97 Å². The van der Waals surface area contributed by atoms with Gasteiger partial charge in [-0.05, 0) is 51.4 Å². The first-order valence-corrected chi connectivity index (χ1v) is 33.9. The van der Waals surface area contributed by atoms with E-state index in [4.69, 9.17) is 4.74 Å². The maximum absolute atomic E-state index is 12.5. The van der Waals surface area contributed by atoms with E-state index in [1.54, 1.807) is 0 Å². The highest BCUT2D eigenvalue weighted by molar-refractivity contribution is 5.76. The lowest BCUT2D eigenvalue weighted by Crippen LogP contribution is -2.45. The highest BCUT2D eigenvalue weighted by Gasteiger charge is 2.20. The number of unbranched alkanes of at least 4 members (excludes halogenated alkanes) is 51. The highest BCUT2D eigenvalue weighted by atomic mass is 16.5. The van der Waals surface area contributed by atoms with Crippen molar-refractivity contribution < 1.29 is 24.5 Å². The van der Waals surface area contributed by atoms with Crippen molar-refractivity contribution in [3.63, 3.8) is 0 Å². The van der Waals surface area contributed by atoms with Gasteiger partial charge in [0.2, 0.25) is 5.91 Å². The smallest absolute Gasteiger partial charge is 0.305 e. The van der Waals surface area contributed by atoms with Gasteiger partial charge in [-0.25, -0.2) is 0 Å². The summed E-state index contributed by atoms with van der Waals surface area (Å²) in [4.78, 5) is 24.5. The third-order valence-electron chi connectivity index (χ3n) is 16.1. The number of hydrogen-bond acceptors (Lipinski definition) is 5. The molecular formula is C68H133NO5. The number of hydrogen-bond donors (Lipinski definition) is 3. The number of allylic oxidation sites excluding steroid dienone is 2. The number of carbonyl (C=O) groups is 2. The third-order valence-corrected chi connectivity index (χ3v) is 16.1. The van der Waals surface area contributed by atoms with Crippen LogP contribution in [0, 0.1) is 0 Å². The number of esters is 1. The molecule has 0 aliphatic heterocycles. The summed E-state index contributed by atoms with van der Waals surface area (Å²) in [7, 11) is 0. The van der Waals surface area contributed by atoms with Crippen LogP contribution in [-0.2, 0) is 14.3 Å². The molecule has 0 rings (SSSR count). The maximum Gasteiger partial charge on any atom is 0.305 e. The fraction of sp³-hybridized carbons (Fsp3) is 0.941. The van der Waals surface area contributed by atoms with Crippen LogP contribution in [0.15, 0.2) is 12.2 Å². The lowest BCUT2D eigenvalue weighted by atomic mass is 10.0. The number of carbonyl (C=O) groups excluding carboxylic acids is 2. The van der Waals surface area contributed by atoms with Gasteiger partial charge < -0.3 is 20.3 Å². The van der Waals surface area contributed by atoms with Crippen molar-refractivity contribution in [3.05, 3.63) is 12.2 Å². The van der Waals surface area contributed by atoms with E-state index in [1.807, 2.05) is 0 Å². The molecule has 0 aromatic carbocycles. The minimum atomic E-state index is -0.663. The van der Waals surface area contributed by atoms with E-state index in [1.165, 1.54) is 315 Å². The summed E-state index contributed by atoms with van der Waals surface area (Å²) in [5, 5.41) is 23.3. The number of rotatable bonds is 64. The van der Waals surface area contributed by atoms with Crippen LogP contribution in [-0.4, -0.2) is 47.4 Å². The van der Waals surface area contributed by atoms with Crippen LogP contribution in [0.2, 0.25) is 0 Å². The summed E-state index contributed by atoms with van der Waals surface area (Å²) < 4.78 is 5.49. The molecule has 0 saturated heterocycles. The SMILES string of the molecule is CCCCCCCCCCCCCCCCCCC(O)C(CO)NC(=O)CCCCCCCCCCCCCC/C=C\CCCCCCCCCCCCCCOC(=O)CCCCCCCCCCCCCCC. The molecule has 0 aliphatic carbocycles. The molecule has 74 heavy (non-hydrogen) atoms. The molecule has 440 valence electrons. The molecule has 0 fully saturated rings. The second-order valence-electron chi connectivity index (χ2n) is 23.5. The average Bonchev–Trinajstić information content (AvgIpc) is 3.40. The summed E-state index contributed by atoms with van der Waals surface area (Å²) >= 11 is 0. The van der Waals surface area contributed by atoms with Crippen molar-refractivity contribution in [1.82, 2.24) is 5.32 Å². The average molecular weight is 1040 g/mol. The second kappa shape index (κ2) is 64.1. The van der Waals surface area contributed by atoms with Crippen molar-refractivity contribution in [2.75, 3.05) is 13.2 Å². The van der Waals surface area contributed by atoms with E-state index in [0.29, 0.717) is 25.9 Å². The van der Waals surface area contributed by atoms with E-state index < -0.39 is 12.1 Å². The van der Waals surface area contributed by atoms with E-state index in [0.717, 1.165) is 38.5 Å². The minimum absolute atomic E-state index is 0.0182. The Kier molecular flexibility index (Phi) is 62.9. The Morgan fingerprint density at radius 3 is 0.959 bits per heavy atom. The molecule has 0 heterocycles. The number of aliphatic hydroxyl groups excluding tert-OH is 2. The van der Waals surface area contributed by atoms with Crippen molar-refractivity contribution in [3.8, 4) is 0 Å². The van der Waals surface area contributed by atoms with Gasteiger partial charge in [-0.2, -0.15) is 0 Å². The van der Waals surface area contributed by atoms with Crippen molar-refractivity contribution in [2.45, 2.75) is 398 Å². The molecule has 0 spiro atoms. The van der Waals surface area contributed by atoms with Crippen molar-refractivity contribution in [2.24, 2.45) is 0 Å². The Morgan fingerprint density at radius 2 is 0.635 bits per heavy atom. The predicted octanol–water partition coefficient (Wildman–Crippen LogP) is 21.6. The number of nitrogens with one attached hydrogen (secondary N) is 1. The third kappa shape index (κ3) is 59.8. The molecule has 0 aromatic rings. The largest absolute Gasteiger partial charge is 0.466 e. The van der Waals surface area contributed by atoms with Gasteiger partial charge in [-0.15, -0.1) is 0 Å². The summed E-state index contributed by atoms with van der Waals surface area (Å²) in [6.07, 6.45) is 78.2. The zero-order valence-corrected chi connectivity index (χ0v) is 50.4. The standard InChI is InChI=1S/C68H133NO5/c1-3-5-7-9-11-13-15-17-18-33-37-40-44-48-52-56-60-66(71)65(64-70)69-67(72)61-57-53-49-45-41-38-34-31-29-27-25-23-21-19-20-22-24-26-28-30-32-35-39-43-47-51-55-59-63-74-68(73)62-58-54-50-46-42-36-16-14-12-10-8-6-4-2/h19-20,65-66,70-71H,3-18,21-64H2,1-2H3,(H,69,72)/b20-19-. The predicted molar refractivity (Wildman–Crippen MR) is 324 cm³/mol. The van der Waals surface area contributed by atoms with Crippen LogP contribution in [0.4, 0.5) is 0 Å². The highest BCUT2D eigenvalue weighted by Crippen LogP contribution is 2.19. The number of aliphatic hydroxyl groups is 2. The van der Waals surface area contributed by atoms with Gasteiger partial charge in [0.1, 0.15) is 0 Å². The molecule has 2 atom stereocenters. The van der Waals surface area contributed by atoms with E-state index in [2.05, 4.69) is 31.3 Å². The van der Waals surface area contributed by atoms with Crippen LogP contribution in [0.1, 0.15) is 386 Å². The van der Waals surface area contributed by atoms with Gasteiger partial charge in [0, 0.05) is 12.8 Å². The van der Waals surface area contributed by atoms with Crippen LogP contribution in [0.3, 0.4) is 0 Å². The molecule has 6 nitrogen and oxygen atoms in total. The van der Waals surface area contributed by atoms with Crippen LogP contribution in [0.25, 0.3) is 0 Å². The molecule has 0 aromatic heterocycles. The molecule has 0 aliphatic rings. The zero-order chi connectivity index (χ0) is 53.6. The number of amides is 1. The zero-order valence-electron chi connectivity index (χ0n) is 50.4. The molecule has 0 saturated carbocycles. The Bertz CT molecular complexity index is 1110.